The molecule has 1 heterocycles. The van der Waals surface area contributed by atoms with Crippen LogP contribution in [0.5, 0.6) is 0 Å². The van der Waals surface area contributed by atoms with Gasteiger partial charge in [0.2, 0.25) is 0 Å². The van der Waals surface area contributed by atoms with Crippen LogP contribution in [0.3, 0.4) is 0 Å². The van der Waals surface area contributed by atoms with Gasteiger partial charge in [0.25, 0.3) is 0 Å². The van der Waals surface area contributed by atoms with E-state index in [-0.39, 0.29) is 0 Å². The number of fused-ring (bicyclic) bond motifs is 1. The standard InChI is InChI=1S/C9H9BrO/c1-6-4-9-7(2-3-11-9)5-8(6)10/h2-6,8H,1H3. The van der Waals surface area contributed by atoms with Crippen LogP contribution < -0.4 is 10.6 Å². The van der Waals surface area contributed by atoms with Crippen molar-refractivity contribution in [1.29, 1.82) is 0 Å². The number of furan rings is 1. The first-order chi connectivity index (χ1) is 5.27. The zero-order chi connectivity index (χ0) is 7.84. The fraction of sp³-hybridized carbons (Fsp3) is 0.333. The van der Waals surface area contributed by atoms with E-state index in [2.05, 4.69) is 35.0 Å². The van der Waals surface area contributed by atoms with Crippen LogP contribution in [0.1, 0.15) is 6.92 Å². The lowest BCUT2D eigenvalue weighted by Crippen LogP contribution is -2.28. The minimum absolute atomic E-state index is 0.451. The van der Waals surface area contributed by atoms with Gasteiger partial charge in [0.05, 0.1) is 6.26 Å². The molecule has 0 saturated carbocycles. The largest absolute Gasteiger partial charge is 0.465 e. The molecule has 0 N–H and O–H groups in total. The number of halogens is 1. The predicted molar refractivity (Wildman–Crippen MR) is 48.8 cm³/mol. The van der Waals surface area contributed by atoms with Crippen molar-refractivity contribution < 1.29 is 4.42 Å². The molecule has 2 unspecified atom stereocenters. The van der Waals surface area contributed by atoms with Crippen LogP contribution in [-0.4, -0.2) is 4.83 Å². The lowest BCUT2D eigenvalue weighted by atomic mass is 10.0. The maximum Gasteiger partial charge on any atom is 0.129 e. The van der Waals surface area contributed by atoms with Crippen molar-refractivity contribution in [3.8, 4) is 0 Å². The first-order valence-electron chi connectivity index (χ1n) is 3.68. The van der Waals surface area contributed by atoms with Crippen molar-refractivity contribution in [2.24, 2.45) is 5.92 Å². The van der Waals surface area contributed by atoms with Gasteiger partial charge in [0, 0.05) is 10.0 Å². The Bertz CT molecular complexity index is 329. The summed E-state index contributed by atoms with van der Waals surface area (Å²) in [6.07, 6.45) is 6.06. The number of hydrogen-bond acceptors (Lipinski definition) is 1. The third kappa shape index (κ3) is 1.16. The molecule has 0 aromatic carbocycles. The van der Waals surface area contributed by atoms with Crippen LogP contribution in [0.4, 0.5) is 0 Å². The Morgan fingerprint density at radius 3 is 3.09 bits per heavy atom. The third-order valence-corrected chi connectivity index (χ3v) is 3.08. The minimum Gasteiger partial charge on any atom is -0.465 e. The molecule has 0 radical (unpaired) electrons. The monoisotopic (exact) mass is 212 g/mol. The maximum atomic E-state index is 5.27. The molecular formula is C9H9BrO. The molecule has 1 aliphatic carbocycles. The normalized spacial score (nSPS) is 28.5. The Morgan fingerprint density at radius 2 is 2.27 bits per heavy atom. The van der Waals surface area contributed by atoms with E-state index in [4.69, 9.17) is 4.42 Å². The molecule has 2 atom stereocenters. The van der Waals surface area contributed by atoms with Gasteiger partial charge in [-0.15, -0.1) is 0 Å². The van der Waals surface area contributed by atoms with Crippen LogP contribution in [0.25, 0.3) is 12.2 Å². The molecule has 0 fully saturated rings. The molecule has 11 heavy (non-hydrogen) atoms. The highest BCUT2D eigenvalue weighted by molar-refractivity contribution is 9.09. The van der Waals surface area contributed by atoms with Crippen molar-refractivity contribution in [3.63, 3.8) is 0 Å². The first-order valence-corrected chi connectivity index (χ1v) is 4.60. The van der Waals surface area contributed by atoms with E-state index in [9.17, 15) is 0 Å². The van der Waals surface area contributed by atoms with E-state index in [1.54, 1.807) is 6.26 Å². The highest BCUT2D eigenvalue weighted by Crippen LogP contribution is 2.16. The molecule has 0 aliphatic heterocycles. The molecule has 2 heteroatoms. The van der Waals surface area contributed by atoms with Crippen molar-refractivity contribution in [3.05, 3.63) is 23.0 Å². The van der Waals surface area contributed by atoms with Crippen molar-refractivity contribution in [2.75, 3.05) is 0 Å². The first kappa shape index (κ1) is 7.17. The predicted octanol–water partition coefficient (Wildman–Crippen LogP) is 1.25. The van der Waals surface area contributed by atoms with Crippen molar-refractivity contribution >= 4 is 28.1 Å². The molecular weight excluding hydrogens is 204 g/mol. The van der Waals surface area contributed by atoms with Crippen LogP contribution in [0.2, 0.25) is 0 Å². The highest BCUT2D eigenvalue weighted by atomic mass is 79.9. The summed E-state index contributed by atoms with van der Waals surface area (Å²) in [4.78, 5) is 0.451. The van der Waals surface area contributed by atoms with E-state index in [0.29, 0.717) is 10.7 Å². The Labute approximate surface area is 73.5 Å². The molecule has 0 saturated heterocycles. The van der Waals surface area contributed by atoms with Crippen molar-refractivity contribution in [1.82, 2.24) is 0 Å². The molecule has 0 spiro atoms. The summed E-state index contributed by atoms with van der Waals surface area (Å²) in [5.41, 5.74) is 1.01. The molecule has 0 bridgehead atoms. The van der Waals surface area contributed by atoms with Crippen LogP contribution in [0, 0.1) is 5.92 Å². The molecule has 1 aromatic heterocycles. The summed E-state index contributed by atoms with van der Waals surface area (Å²) < 4.78 is 5.27. The van der Waals surface area contributed by atoms with Gasteiger partial charge < -0.3 is 4.42 Å². The molecule has 1 nitrogen and oxygen atoms in total. The molecule has 2 rings (SSSR count). The van der Waals surface area contributed by atoms with Gasteiger partial charge in [-0.05, 0) is 18.1 Å². The summed E-state index contributed by atoms with van der Waals surface area (Å²) in [5.74, 6) is 0.522. The second-order valence-corrected chi connectivity index (χ2v) is 3.93. The van der Waals surface area contributed by atoms with Gasteiger partial charge in [0.1, 0.15) is 5.42 Å². The van der Waals surface area contributed by atoms with Crippen LogP contribution in [-0.2, 0) is 0 Å². The van der Waals surface area contributed by atoms with Gasteiger partial charge in [-0.25, -0.2) is 0 Å². The molecule has 58 valence electrons. The summed E-state index contributed by atoms with van der Waals surface area (Å²) in [6.45, 7) is 2.17. The van der Waals surface area contributed by atoms with Gasteiger partial charge in [0.15, 0.2) is 0 Å². The van der Waals surface area contributed by atoms with E-state index in [0.717, 1.165) is 5.42 Å². The highest BCUT2D eigenvalue weighted by Gasteiger charge is 2.12. The molecule has 0 amide bonds. The lowest BCUT2D eigenvalue weighted by Gasteiger charge is -2.11. The fourth-order valence-electron chi connectivity index (χ4n) is 1.26. The fourth-order valence-corrected chi connectivity index (χ4v) is 1.70. The van der Waals surface area contributed by atoms with Crippen LogP contribution >= 0.6 is 15.9 Å². The zero-order valence-electron chi connectivity index (χ0n) is 6.25. The topological polar surface area (TPSA) is 13.1 Å². The lowest BCUT2D eigenvalue weighted by molar-refractivity contribution is 0.524. The van der Waals surface area contributed by atoms with Crippen molar-refractivity contribution in [2.45, 2.75) is 11.8 Å². The van der Waals surface area contributed by atoms with E-state index in [1.165, 1.54) is 5.22 Å². The quantitative estimate of drug-likeness (QED) is 0.591. The van der Waals surface area contributed by atoms with E-state index < -0.39 is 0 Å². The zero-order valence-corrected chi connectivity index (χ0v) is 7.84. The Kier molecular flexibility index (Phi) is 1.64. The minimum atomic E-state index is 0.451. The smallest absolute Gasteiger partial charge is 0.129 e. The van der Waals surface area contributed by atoms with Crippen LogP contribution in [0.15, 0.2) is 16.7 Å². The second-order valence-electron chi connectivity index (χ2n) is 2.88. The summed E-state index contributed by atoms with van der Waals surface area (Å²) in [6, 6.07) is 1.99. The van der Waals surface area contributed by atoms with E-state index in [1.807, 2.05) is 6.07 Å². The molecule has 1 aromatic rings. The second kappa shape index (κ2) is 2.52. The summed E-state index contributed by atoms with van der Waals surface area (Å²) >= 11 is 3.58. The van der Waals surface area contributed by atoms with Gasteiger partial charge in [-0.3, -0.25) is 0 Å². The Balaban J connectivity index is 2.69. The Hall–Kier alpha value is -0.500. The van der Waals surface area contributed by atoms with E-state index >= 15 is 0 Å². The van der Waals surface area contributed by atoms with Gasteiger partial charge in [-0.1, -0.05) is 28.9 Å². The SMILES string of the molecule is CC1C=c2occc2=CC1Br. The third-order valence-electron chi connectivity index (χ3n) is 1.98. The van der Waals surface area contributed by atoms with Gasteiger partial charge in [-0.2, -0.15) is 0 Å². The van der Waals surface area contributed by atoms with Gasteiger partial charge >= 0.3 is 0 Å². The summed E-state index contributed by atoms with van der Waals surface area (Å²) in [7, 11) is 0. The average molecular weight is 213 g/mol. The number of hydrogen-bond donors (Lipinski definition) is 0. The number of rotatable bonds is 0. The Morgan fingerprint density at radius 1 is 1.45 bits per heavy atom. The molecule has 1 aliphatic rings. The average Bonchev–Trinajstić information content (AvgIpc) is 2.36. The number of alkyl halides is 1. The maximum absolute atomic E-state index is 5.27. The summed E-state index contributed by atoms with van der Waals surface area (Å²) in [5, 5.41) is 1.20.